The van der Waals surface area contributed by atoms with Crippen LogP contribution in [0.25, 0.3) is 11.5 Å². The first-order valence-electron chi connectivity index (χ1n) is 9.54. The van der Waals surface area contributed by atoms with Gasteiger partial charge in [0.25, 0.3) is 0 Å². The Balaban J connectivity index is 1.37. The Labute approximate surface area is 172 Å². The molecule has 4 rings (SSSR count). The number of nitrogens with zero attached hydrogens (tertiary/aromatic N) is 4. The van der Waals surface area contributed by atoms with Crippen molar-refractivity contribution in [3.63, 3.8) is 0 Å². The number of carbonyl (C=O) groups is 1. The third-order valence-corrected chi connectivity index (χ3v) is 5.05. The van der Waals surface area contributed by atoms with Gasteiger partial charge in [0.15, 0.2) is 0 Å². The minimum Gasteiger partial charge on any atom is -0.497 e. The van der Waals surface area contributed by atoms with Crippen LogP contribution >= 0.6 is 0 Å². The first-order valence-corrected chi connectivity index (χ1v) is 9.54. The predicted molar refractivity (Wildman–Crippen MR) is 108 cm³/mol. The molecule has 0 bridgehead atoms. The van der Waals surface area contributed by atoms with E-state index in [1.807, 2.05) is 24.3 Å². The first kappa shape index (κ1) is 19.7. The van der Waals surface area contributed by atoms with Crippen molar-refractivity contribution in [2.24, 2.45) is 0 Å². The van der Waals surface area contributed by atoms with E-state index in [-0.39, 0.29) is 18.3 Å². The second-order valence-electron chi connectivity index (χ2n) is 6.90. The van der Waals surface area contributed by atoms with E-state index in [4.69, 9.17) is 9.15 Å². The van der Waals surface area contributed by atoms with Gasteiger partial charge in [0.2, 0.25) is 11.8 Å². The molecule has 8 nitrogen and oxygen atoms in total. The minimum absolute atomic E-state index is 0.0529. The molecule has 1 saturated heterocycles. The monoisotopic (exact) mass is 412 g/mol. The lowest BCUT2D eigenvalue weighted by Crippen LogP contribution is -2.50. The van der Waals surface area contributed by atoms with Gasteiger partial charge in [0, 0.05) is 37.4 Å². The van der Waals surface area contributed by atoms with Gasteiger partial charge in [-0.05, 0) is 48.5 Å². The van der Waals surface area contributed by atoms with Crippen LogP contribution in [0.2, 0.25) is 0 Å². The summed E-state index contributed by atoms with van der Waals surface area (Å²) in [5.41, 5.74) is 1.53. The average molecular weight is 412 g/mol. The summed E-state index contributed by atoms with van der Waals surface area (Å²) in [5.74, 6) is -0.475. The molecule has 1 aliphatic heterocycles. The molecule has 2 heterocycles. The fraction of sp³-hybridized carbons (Fsp3) is 0.286. The summed E-state index contributed by atoms with van der Waals surface area (Å²) in [5, 5.41) is 4.07. The highest BCUT2D eigenvalue weighted by Gasteiger charge is 2.23. The predicted octanol–water partition coefficient (Wildman–Crippen LogP) is 2.00. The first-order chi connectivity index (χ1) is 14.5. The van der Waals surface area contributed by atoms with Crippen molar-refractivity contribution in [2.75, 3.05) is 38.2 Å². The van der Waals surface area contributed by atoms with Gasteiger partial charge in [-0.1, -0.05) is 0 Å². The molecule has 1 aromatic heterocycles. The summed E-state index contributed by atoms with van der Waals surface area (Å²) >= 11 is 0. The number of rotatable bonds is 5. The molecule has 0 atom stereocenters. The zero-order chi connectivity index (χ0) is 21.1. The number of anilines is 1. The fourth-order valence-corrected chi connectivity index (χ4v) is 3.35. The summed E-state index contributed by atoms with van der Waals surface area (Å²) in [6.45, 7) is 2.26. The topological polar surface area (TPSA) is 80.8 Å². The standard InChI is InChI=1S/C21H21FN4O4/c1-29-18-8-6-17(7-9-18)24-10-12-25(13-11-24)19(27)14-26-21(28)30-20(23-26)15-2-4-16(22)5-3-15/h2-9H,10-14H2,1H3. The number of benzene rings is 2. The van der Waals surface area contributed by atoms with E-state index in [9.17, 15) is 14.0 Å². The van der Waals surface area contributed by atoms with Crippen LogP contribution in [0, 0.1) is 5.82 Å². The van der Waals surface area contributed by atoms with Gasteiger partial charge in [-0.25, -0.2) is 9.18 Å². The van der Waals surface area contributed by atoms with Crippen molar-refractivity contribution in [3.05, 3.63) is 64.9 Å². The average Bonchev–Trinajstić information content (AvgIpc) is 3.14. The van der Waals surface area contributed by atoms with Crippen molar-refractivity contribution in [2.45, 2.75) is 6.54 Å². The van der Waals surface area contributed by atoms with Gasteiger partial charge in [-0.3, -0.25) is 4.79 Å². The van der Waals surface area contributed by atoms with Crippen molar-refractivity contribution in [1.29, 1.82) is 0 Å². The number of ether oxygens (including phenoxy) is 1. The van der Waals surface area contributed by atoms with Crippen molar-refractivity contribution >= 4 is 11.6 Å². The molecule has 1 aliphatic rings. The molecule has 1 fully saturated rings. The molecule has 2 aromatic carbocycles. The second kappa shape index (κ2) is 8.40. The molecule has 9 heteroatoms. The number of piperazine rings is 1. The quantitative estimate of drug-likeness (QED) is 0.638. The highest BCUT2D eigenvalue weighted by atomic mass is 19.1. The maximum absolute atomic E-state index is 13.1. The molecular formula is C21H21FN4O4. The van der Waals surface area contributed by atoms with Crippen LogP contribution in [0.4, 0.5) is 10.1 Å². The van der Waals surface area contributed by atoms with Crippen LogP contribution in [0.1, 0.15) is 0 Å². The van der Waals surface area contributed by atoms with E-state index in [0.717, 1.165) is 16.1 Å². The normalized spacial score (nSPS) is 14.1. The number of amides is 1. The summed E-state index contributed by atoms with van der Waals surface area (Å²) in [7, 11) is 1.63. The zero-order valence-corrected chi connectivity index (χ0v) is 16.5. The number of aromatic nitrogens is 2. The number of hydrogen-bond acceptors (Lipinski definition) is 6. The molecule has 0 radical (unpaired) electrons. The lowest BCUT2D eigenvalue weighted by atomic mass is 10.2. The van der Waals surface area contributed by atoms with Crippen LogP contribution in [-0.4, -0.2) is 53.9 Å². The van der Waals surface area contributed by atoms with Gasteiger partial charge in [0.1, 0.15) is 18.1 Å². The Hall–Kier alpha value is -3.62. The maximum Gasteiger partial charge on any atom is 0.437 e. The summed E-state index contributed by atoms with van der Waals surface area (Å²) in [6.07, 6.45) is 0. The summed E-state index contributed by atoms with van der Waals surface area (Å²) in [6, 6.07) is 13.2. The molecule has 0 aliphatic carbocycles. The zero-order valence-electron chi connectivity index (χ0n) is 16.5. The number of carbonyl (C=O) groups excluding carboxylic acids is 1. The van der Waals surface area contributed by atoms with E-state index in [1.54, 1.807) is 12.0 Å². The van der Waals surface area contributed by atoms with Crippen LogP contribution in [0.15, 0.2) is 57.7 Å². The van der Waals surface area contributed by atoms with Crippen LogP contribution in [0.3, 0.4) is 0 Å². The molecule has 0 N–H and O–H groups in total. The minimum atomic E-state index is -0.723. The van der Waals surface area contributed by atoms with E-state index >= 15 is 0 Å². The molecular weight excluding hydrogens is 391 g/mol. The van der Waals surface area contributed by atoms with Crippen molar-refractivity contribution in [3.8, 4) is 17.2 Å². The lowest BCUT2D eigenvalue weighted by molar-refractivity contribution is -0.132. The molecule has 156 valence electrons. The maximum atomic E-state index is 13.1. The van der Waals surface area contributed by atoms with Gasteiger partial charge in [0.05, 0.1) is 7.11 Å². The summed E-state index contributed by atoms with van der Waals surface area (Å²) < 4.78 is 24.3. The molecule has 0 saturated carbocycles. The Morgan fingerprint density at radius 2 is 1.73 bits per heavy atom. The largest absolute Gasteiger partial charge is 0.497 e. The van der Waals surface area contributed by atoms with E-state index in [1.165, 1.54) is 24.3 Å². The summed E-state index contributed by atoms with van der Waals surface area (Å²) in [4.78, 5) is 28.6. The van der Waals surface area contributed by atoms with E-state index < -0.39 is 11.6 Å². The molecule has 30 heavy (non-hydrogen) atoms. The van der Waals surface area contributed by atoms with Crippen molar-refractivity contribution in [1.82, 2.24) is 14.7 Å². The number of halogens is 1. The molecule has 0 spiro atoms. The van der Waals surface area contributed by atoms with Crippen molar-refractivity contribution < 1.29 is 18.3 Å². The van der Waals surface area contributed by atoms with Gasteiger partial charge in [-0.2, -0.15) is 4.68 Å². The van der Waals surface area contributed by atoms with Crippen LogP contribution in [0.5, 0.6) is 5.75 Å². The fourth-order valence-electron chi connectivity index (χ4n) is 3.35. The number of hydrogen-bond donors (Lipinski definition) is 0. The van der Waals surface area contributed by atoms with Gasteiger partial charge >= 0.3 is 5.76 Å². The van der Waals surface area contributed by atoms with E-state index in [0.29, 0.717) is 31.7 Å². The Kier molecular flexibility index (Phi) is 5.51. The van der Waals surface area contributed by atoms with Crippen LogP contribution in [-0.2, 0) is 11.3 Å². The number of methoxy groups -OCH3 is 1. The van der Waals surface area contributed by atoms with Crippen LogP contribution < -0.4 is 15.4 Å². The third-order valence-electron chi connectivity index (χ3n) is 5.05. The molecule has 1 amide bonds. The Morgan fingerprint density at radius 1 is 1.07 bits per heavy atom. The second-order valence-corrected chi connectivity index (χ2v) is 6.90. The molecule has 0 unspecified atom stereocenters. The SMILES string of the molecule is COc1ccc(N2CCN(C(=O)Cn3nc(-c4ccc(F)cc4)oc3=O)CC2)cc1. The van der Waals surface area contributed by atoms with Gasteiger partial charge in [-0.15, -0.1) is 5.10 Å². The third kappa shape index (κ3) is 4.19. The van der Waals surface area contributed by atoms with E-state index in [2.05, 4.69) is 10.00 Å². The highest BCUT2D eigenvalue weighted by Crippen LogP contribution is 2.21. The smallest absolute Gasteiger partial charge is 0.437 e. The Bertz CT molecular complexity index is 1070. The Morgan fingerprint density at radius 3 is 2.37 bits per heavy atom. The highest BCUT2D eigenvalue weighted by molar-refractivity contribution is 5.76. The van der Waals surface area contributed by atoms with Gasteiger partial charge < -0.3 is 19.0 Å². The molecule has 3 aromatic rings. The lowest BCUT2D eigenvalue weighted by Gasteiger charge is -2.36.